The van der Waals surface area contributed by atoms with E-state index in [4.69, 9.17) is 4.74 Å². The van der Waals surface area contributed by atoms with Gasteiger partial charge in [-0.05, 0) is 39.5 Å². The summed E-state index contributed by atoms with van der Waals surface area (Å²) >= 11 is 0. The first kappa shape index (κ1) is 15.5. The van der Waals surface area contributed by atoms with Crippen LogP contribution in [-0.4, -0.2) is 46.2 Å². The predicted molar refractivity (Wildman–Crippen MR) is 81.1 cm³/mol. The second kappa shape index (κ2) is 6.74. The fourth-order valence-electron chi connectivity index (χ4n) is 2.36. The maximum atomic E-state index is 12.1. The van der Waals surface area contributed by atoms with Crippen LogP contribution in [0.1, 0.15) is 33.6 Å². The number of aromatic nitrogens is 2. The highest BCUT2D eigenvalue weighted by Crippen LogP contribution is 2.19. The largest absolute Gasteiger partial charge is 0.444 e. The van der Waals surface area contributed by atoms with E-state index in [1.165, 1.54) is 0 Å². The van der Waals surface area contributed by atoms with Gasteiger partial charge in [-0.3, -0.25) is 4.98 Å². The third-order valence-corrected chi connectivity index (χ3v) is 3.31. The van der Waals surface area contributed by atoms with E-state index >= 15 is 0 Å². The number of ether oxygens (including phenoxy) is 1. The lowest BCUT2D eigenvalue weighted by molar-refractivity contribution is 0.0172. The normalized spacial score (nSPS) is 19.2. The number of likely N-dealkylation sites (tertiary alicyclic amines) is 1. The van der Waals surface area contributed by atoms with Crippen molar-refractivity contribution in [3.63, 3.8) is 0 Å². The molecule has 1 aromatic rings. The summed E-state index contributed by atoms with van der Waals surface area (Å²) < 4.78 is 5.43. The van der Waals surface area contributed by atoms with E-state index in [-0.39, 0.29) is 6.09 Å². The minimum absolute atomic E-state index is 0.216. The summed E-state index contributed by atoms with van der Waals surface area (Å²) in [7, 11) is 0. The molecule has 6 heteroatoms. The van der Waals surface area contributed by atoms with Gasteiger partial charge in [-0.1, -0.05) is 0 Å². The Hall–Kier alpha value is -1.85. The number of carbonyl (C=O) groups is 1. The van der Waals surface area contributed by atoms with E-state index in [0.29, 0.717) is 5.92 Å². The standard InChI is InChI=1S/C15H24N4O2/c1-15(2,3)21-14(20)19-8-4-5-12(11-19)9-18-13-10-16-6-7-17-13/h6-7,10,12H,4-5,8-9,11H2,1-3H3,(H,17,18)/t12-/m0/s1. The molecule has 0 saturated carbocycles. The Kier molecular flexibility index (Phi) is 4.98. The molecule has 0 unspecified atom stereocenters. The van der Waals surface area contributed by atoms with Gasteiger partial charge >= 0.3 is 6.09 Å². The number of carbonyl (C=O) groups excluding carboxylic acids is 1. The lowest BCUT2D eigenvalue weighted by Crippen LogP contribution is -2.44. The van der Waals surface area contributed by atoms with Crippen molar-refractivity contribution in [1.82, 2.24) is 14.9 Å². The van der Waals surface area contributed by atoms with Gasteiger partial charge in [0.2, 0.25) is 0 Å². The van der Waals surface area contributed by atoms with Crippen LogP contribution in [-0.2, 0) is 4.74 Å². The zero-order valence-corrected chi connectivity index (χ0v) is 13.0. The van der Waals surface area contributed by atoms with E-state index in [2.05, 4.69) is 15.3 Å². The zero-order chi connectivity index (χ0) is 15.3. The molecule has 2 heterocycles. The fourth-order valence-corrected chi connectivity index (χ4v) is 2.36. The molecule has 1 aliphatic heterocycles. The van der Waals surface area contributed by atoms with Gasteiger partial charge in [0, 0.05) is 32.0 Å². The monoisotopic (exact) mass is 292 g/mol. The van der Waals surface area contributed by atoms with Gasteiger partial charge in [-0.15, -0.1) is 0 Å². The van der Waals surface area contributed by atoms with Gasteiger partial charge in [0.05, 0.1) is 6.20 Å². The Morgan fingerprint density at radius 2 is 2.29 bits per heavy atom. The molecule has 1 N–H and O–H groups in total. The maximum absolute atomic E-state index is 12.1. The van der Waals surface area contributed by atoms with E-state index in [9.17, 15) is 4.79 Å². The van der Waals surface area contributed by atoms with Crippen molar-refractivity contribution < 1.29 is 9.53 Å². The summed E-state index contributed by atoms with van der Waals surface area (Å²) in [4.78, 5) is 22.1. The van der Waals surface area contributed by atoms with E-state index < -0.39 is 5.60 Å². The first-order chi connectivity index (χ1) is 9.94. The fraction of sp³-hybridized carbons (Fsp3) is 0.667. The summed E-state index contributed by atoms with van der Waals surface area (Å²) in [5.41, 5.74) is -0.443. The SMILES string of the molecule is CC(C)(C)OC(=O)N1CCC[C@@H](CNc2cnccn2)C1. The Morgan fingerprint density at radius 3 is 2.95 bits per heavy atom. The third kappa shape index (κ3) is 5.21. The summed E-state index contributed by atoms with van der Waals surface area (Å²) in [5.74, 6) is 1.18. The van der Waals surface area contributed by atoms with E-state index in [1.54, 1.807) is 23.5 Å². The number of piperidine rings is 1. The molecule has 0 aromatic carbocycles. The molecule has 0 radical (unpaired) electrons. The molecule has 1 saturated heterocycles. The van der Waals surface area contributed by atoms with Crippen LogP contribution < -0.4 is 5.32 Å². The molecule has 1 aromatic heterocycles. The first-order valence-electron chi connectivity index (χ1n) is 7.42. The average molecular weight is 292 g/mol. The molecule has 1 fully saturated rings. The highest BCUT2D eigenvalue weighted by atomic mass is 16.6. The van der Waals surface area contributed by atoms with Crippen LogP contribution in [0.3, 0.4) is 0 Å². The van der Waals surface area contributed by atoms with Crippen LogP contribution >= 0.6 is 0 Å². The van der Waals surface area contributed by atoms with Crippen LogP contribution in [0, 0.1) is 5.92 Å². The Balaban J connectivity index is 1.82. The van der Waals surface area contributed by atoms with Crippen molar-refractivity contribution in [2.75, 3.05) is 25.0 Å². The predicted octanol–water partition coefficient (Wildman–Crippen LogP) is 2.54. The number of nitrogens with one attached hydrogen (secondary N) is 1. The molecule has 6 nitrogen and oxygen atoms in total. The van der Waals surface area contributed by atoms with Gasteiger partial charge in [0.1, 0.15) is 11.4 Å². The molecular weight excluding hydrogens is 268 g/mol. The maximum Gasteiger partial charge on any atom is 0.410 e. The smallest absolute Gasteiger partial charge is 0.410 e. The molecule has 1 atom stereocenters. The van der Waals surface area contributed by atoms with Gasteiger partial charge in [-0.25, -0.2) is 9.78 Å². The first-order valence-corrected chi connectivity index (χ1v) is 7.42. The van der Waals surface area contributed by atoms with E-state index in [0.717, 1.165) is 38.3 Å². The van der Waals surface area contributed by atoms with Crippen molar-refractivity contribution >= 4 is 11.9 Å². The second-order valence-electron chi connectivity index (χ2n) is 6.41. The van der Waals surface area contributed by atoms with Crippen LogP contribution in [0.5, 0.6) is 0 Å². The van der Waals surface area contributed by atoms with Gasteiger partial charge < -0.3 is 15.0 Å². The molecule has 21 heavy (non-hydrogen) atoms. The van der Waals surface area contributed by atoms with Crippen LogP contribution in [0.15, 0.2) is 18.6 Å². The molecular formula is C15H24N4O2. The molecule has 116 valence electrons. The number of rotatable bonds is 3. The van der Waals surface area contributed by atoms with Crippen molar-refractivity contribution in [1.29, 1.82) is 0 Å². The minimum Gasteiger partial charge on any atom is -0.444 e. The Bertz CT molecular complexity index is 458. The van der Waals surface area contributed by atoms with Gasteiger partial charge in [0.25, 0.3) is 0 Å². The highest BCUT2D eigenvalue weighted by molar-refractivity contribution is 5.68. The molecule has 0 aliphatic carbocycles. The average Bonchev–Trinajstić information content (AvgIpc) is 2.45. The van der Waals surface area contributed by atoms with Crippen molar-refractivity contribution in [3.8, 4) is 0 Å². The van der Waals surface area contributed by atoms with Gasteiger partial charge in [-0.2, -0.15) is 0 Å². The number of amides is 1. The number of anilines is 1. The van der Waals surface area contributed by atoms with E-state index in [1.807, 2.05) is 20.8 Å². The molecule has 1 aliphatic rings. The molecule has 0 spiro atoms. The summed E-state index contributed by atoms with van der Waals surface area (Å²) in [5, 5.41) is 3.27. The topological polar surface area (TPSA) is 67.3 Å². The Morgan fingerprint density at radius 1 is 1.48 bits per heavy atom. The zero-order valence-electron chi connectivity index (χ0n) is 13.0. The number of nitrogens with zero attached hydrogens (tertiary/aromatic N) is 3. The van der Waals surface area contributed by atoms with Crippen molar-refractivity contribution in [2.24, 2.45) is 5.92 Å². The lowest BCUT2D eigenvalue weighted by atomic mass is 9.98. The summed E-state index contributed by atoms with van der Waals surface area (Å²) in [6, 6.07) is 0. The molecule has 2 rings (SSSR count). The summed E-state index contributed by atoms with van der Waals surface area (Å²) in [6.45, 7) is 7.96. The molecule has 0 bridgehead atoms. The number of hydrogen-bond donors (Lipinski definition) is 1. The van der Waals surface area contributed by atoms with Crippen LogP contribution in [0.4, 0.5) is 10.6 Å². The lowest BCUT2D eigenvalue weighted by Gasteiger charge is -2.34. The van der Waals surface area contributed by atoms with Crippen LogP contribution in [0.2, 0.25) is 0 Å². The van der Waals surface area contributed by atoms with Crippen molar-refractivity contribution in [2.45, 2.75) is 39.2 Å². The third-order valence-electron chi connectivity index (χ3n) is 3.31. The van der Waals surface area contributed by atoms with Gasteiger partial charge in [0.15, 0.2) is 0 Å². The minimum atomic E-state index is -0.443. The summed E-state index contributed by atoms with van der Waals surface area (Å²) in [6.07, 6.45) is 6.91. The second-order valence-corrected chi connectivity index (χ2v) is 6.41. The quantitative estimate of drug-likeness (QED) is 0.927. The molecule has 1 amide bonds. The highest BCUT2D eigenvalue weighted by Gasteiger charge is 2.27. The van der Waals surface area contributed by atoms with Crippen molar-refractivity contribution in [3.05, 3.63) is 18.6 Å². The van der Waals surface area contributed by atoms with Crippen LogP contribution in [0.25, 0.3) is 0 Å². The number of hydrogen-bond acceptors (Lipinski definition) is 5. The Labute approximate surface area is 125 Å².